The second-order valence-corrected chi connectivity index (χ2v) is 6.46. The molecule has 0 aromatic heterocycles. The van der Waals surface area contributed by atoms with E-state index in [2.05, 4.69) is 10.0 Å². The highest BCUT2D eigenvalue weighted by atomic mass is 32.2. The third-order valence-corrected chi connectivity index (χ3v) is 4.84. The van der Waals surface area contributed by atoms with Gasteiger partial charge >= 0.3 is 0 Å². The molecule has 1 aliphatic rings. The molecule has 1 heterocycles. The summed E-state index contributed by atoms with van der Waals surface area (Å²) in [6, 6.07) is 2.15. The van der Waals surface area contributed by atoms with Crippen LogP contribution in [0.4, 0.5) is 8.78 Å². The number of piperidine rings is 1. The summed E-state index contributed by atoms with van der Waals surface area (Å²) in [5.74, 6) is -1.72. The first-order chi connectivity index (χ1) is 8.90. The van der Waals surface area contributed by atoms with Crippen molar-refractivity contribution in [1.82, 2.24) is 10.0 Å². The molecule has 2 atom stereocenters. The second-order valence-electron chi connectivity index (χ2n) is 4.77. The first-order valence-electron chi connectivity index (χ1n) is 6.08. The van der Waals surface area contributed by atoms with E-state index >= 15 is 0 Å². The average molecular weight is 290 g/mol. The fourth-order valence-electron chi connectivity index (χ4n) is 2.10. The first-order valence-corrected chi connectivity index (χ1v) is 7.56. The molecule has 19 heavy (non-hydrogen) atoms. The molecule has 1 aromatic carbocycles. The van der Waals surface area contributed by atoms with Crippen molar-refractivity contribution in [3.8, 4) is 0 Å². The summed E-state index contributed by atoms with van der Waals surface area (Å²) in [7, 11) is -3.97. The Morgan fingerprint density at radius 2 is 2.11 bits per heavy atom. The van der Waals surface area contributed by atoms with E-state index in [4.69, 9.17) is 0 Å². The maximum absolute atomic E-state index is 13.5. The number of halogens is 2. The number of hydrogen-bond acceptors (Lipinski definition) is 3. The lowest BCUT2D eigenvalue weighted by molar-refractivity contribution is 0.327. The van der Waals surface area contributed by atoms with Gasteiger partial charge in [0, 0.05) is 18.7 Å². The molecular formula is C12H16F2N2O2S. The highest BCUT2D eigenvalue weighted by molar-refractivity contribution is 7.89. The highest BCUT2D eigenvalue weighted by Gasteiger charge is 2.28. The summed E-state index contributed by atoms with van der Waals surface area (Å²) >= 11 is 0. The van der Waals surface area contributed by atoms with Gasteiger partial charge < -0.3 is 5.32 Å². The molecule has 1 saturated heterocycles. The zero-order valence-electron chi connectivity index (χ0n) is 10.5. The van der Waals surface area contributed by atoms with Crippen molar-refractivity contribution in [2.24, 2.45) is 5.92 Å². The molecule has 0 bridgehead atoms. The average Bonchev–Trinajstić information content (AvgIpc) is 2.31. The normalized spacial score (nSPS) is 24.4. The van der Waals surface area contributed by atoms with Gasteiger partial charge in [-0.05, 0) is 31.0 Å². The lowest BCUT2D eigenvalue weighted by Gasteiger charge is -2.30. The lowest BCUT2D eigenvalue weighted by atomic mass is 9.96. The van der Waals surface area contributed by atoms with Crippen molar-refractivity contribution in [2.75, 3.05) is 13.1 Å². The van der Waals surface area contributed by atoms with Crippen LogP contribution in [0.2, 0.25) is 0 Å². The van der Waals surface area contributed by atoms with Crippen molar-refractivity contribution in [3.63, 3.8) is 0 Å². The quantitative estimate of drug-likeness (QED) is 0.880. The Hall–Kier alpha value is -1.05. The highest BCUT2D eigenvalue weighted by Crippen LogP contribution is 2.18. The molecule has 0 spiro atoms. The number of nitrogens with one attached hydrogen (secondary N) is 2. The van der Waals surface area contributed by atoms with E-state index in [1.54, 1.807) is 0 Å². The summed E-state index contributed by atoms with van der Waals surface area (Å²) in [5, 5.41) is 3.08. The Balaban J connectivity index is 2.22. The van der Waals surface area contributed by atoms with Gasteiger partial charge in [-0.3, -0.25) is 0 Å². The van der Waals surface area contributed by atoms with Crippen molar-refractivity contribution < 1.29 is 17.2 Å². The summed E-state index contributed by atoms with van der Waals surface area (Å²) in [6.45, 7) is 3.28. The van der Waals surface area contributed by atoms with Crippen LogP contribution in [0.1, 0.15) is 13.3 Å². The number of sulfonamides is 1. The molecule has 0 saturated carbocycles. The van der Waals surface area contributed by atoms with Crippen LogP contribution in [0, 0.1) is 17.6 Å². The fourth-order valence-corrected chi connectivity index (χ4v) is 3.51. The van der Waals surface area contributed by atoms with E-state index in [-0.39, 0.29) is 12.0 Å². The van der Waals surface area contributed by atoms with Crippen LogP contribution < -0.4 is 10.0 Å². The molecule has 7 heteroatoms. The SMILES string of the molecule is C[C@H]1CCNC[C@H]1NS(=O)(=O)c1ccc(F)cc1F. The summed E-state index contributed by atoms with van der Waals surface area (Å²) in [6.07, 6.45) is 0.846. The maximum Gasteiger partial charge on any atom is 0.243 e. The molecule has 2 N–H and O–H groups in total. The summed E-state index contributed by atoms with van der Waals surface area (Å²) in [4.78, 5) is -0.522. The van der Waals surface area contributed by atoms with E-state index in [1.807, 2.05) is 6.92 Å². The Kier molecular flexibility index (Phi) is 4.17. The molecule has 1 aliphatic heterocycles. The predicted octanol–water partition coefficient (Wildman–Crippen LogP) is 1.24. The third kappa shape index (κ3) is 3.29. The standard InChI is InChI=1S/C12H16F2N2O2S/c1-8-4-5-15-7-11(8)16-19(17,18)12-3-2-9(13)6-10(12)14/h2-3,6,8,11,15-16H,4-5,7H2,1H3/t8-,11+/m0/s1. The Morgan fingerprint density at radius 3 is 2.74 bits per heavy atom. The van der Waals surface area contributed by atoms with E-state index in [0.29, 0.717) is 12.6 Å². The van der Waals surface area contributed by atoms with Gasteiger partial charge in [0.15, 0.2) is 0 Å². The van der Waals surface area contributed by atoms with Crippen LogP contribution in [0.25, 0.3) is 0 Å². The Bertz CT molecular complexity index is 563. The van der Waals surface area contributed by atoms with Crippen molar-refractivity contribution in [2.45, 2.75) is 24.3 Å². The van der Waals surface area contributed by atoms with Crippen LogP contribution in [0.15, 0.2) is 23.1 Å². The molecule has 1 fully saturated rings. The molecule has 4 nitrogen and oxygen atoms in total. The summed E-state index contributed by atoms with van der Waals surface area (Å²) in [5.41, 5.74) is 0. The van der Waals surface area contributed by atoms with E-state index < -0.39 is 26.6 Å². The van der Waals surface area contributed by atoms with Gasteiger partial charge in [-0.1, -0.05) is 6.92 Å². The van der Waals surface area contributed by atoms with Gasteiger partial charge in [-0.2, -0.15) is 0 Å². The van der Waals surface area contributed by atoms with Gasteiger partial charge in [-0.15, -0.1) is 0 Å². The van der Waals surface area contributed by atoms with Gasteiger partial charge in [-0.25, -0.2) is 21.9 Å². The molecule has 0 aliphatic carbocycles. The molecule has 106 valence electrons. The van der Waals surface area contributed by atoms with Crippen LogP contribution >= 0.6 is 0 Å². The van der Waals surface area contributed by atoms with E-state index in [1.165, 1.54) is 0 Å². The van der Waals surface area contributed by atoms with Gasteiger partial charge in [0.25, 0.3) is 0 Å². The molecular weight excluding hydrogens is 274 g/mol. The summed E-state index contributed by atoms with van der Waals surface area (Å²) < 4.78 is 52.9. The van der Waals surface area contributed by atoms with Gasteiger partial charge in [0.1, 0.15) is 16.5 Å². The largest absolute Gasteiger partial charge is 0.315 e. The molecule has 0 amide bonds. The monoisotopic (exact) mass is 290 g/mol. The van der Waals surface area contributed by atoms with E-state index in [0.717, 1.165) is 25.1 Å². The third-order valence-electron chi connectivity index (χ3n) is 3.32. The minimum atomic E-state index is -3.97. The second kappa shape index (κ2) is 5.52. The van der Waals surface area contributed by atoms with Crippen molar-refractivity contribution in [3.05, 3.63) is 29.8 Å². The maximum atomic E-state index is 13.5. The predicted molar refractivity (Wildman–Crippen MR) is 67.1 cm³/mol. The van der Waals surface area contributed by atoms with Crippen LogP contribution in [0.3, 0.4) is 0 Å². The van der Waals surface area contributed by atoms with Crippen molar-refractivity contribution in [1.29, 1.82) is 0 Å². The van der Waals surface area contributed by atoms with Crippen LogP contribution in [0.5, 0.6) is 0 Å². The molecule has 1 aromatic rings. The minimum absolute atomic E-state index is 0.166. The van der Waals surface area contributed by atoms with Crippen molar-refractivity contribution >= 4 is 10.0 Å². The smallest absolute Gasteiger partial charge is 0.243 e. The Morgan fingerprint density at radius 1 is 1.37 bits per heavy atom. The number of hydrogen-bond donors (Lipinski definition) is 2. The topological polar surface area (TPSA) is 58.2 Å². The zero-order chi connectivity index (χ0) is 14.0. The van der Waals surface area contributed by atoms with Gasteiger partial charge in [0.2, 0.25) is 10.0 Å². The lowest BCUT2D eigenvalue weighted by Crippen LogP contribution is -2.50. The first kappa shape index (κ1) is 14.4. The minimum Gasteiger partial charge on any atom is -0.315 e. The Labute approximate surface area is 111 Å². The van der Waals surface area contributed by atoms with Gasteiger partial charge in [0.05, 0.1) is 0 Å². The molecule has 2 rings (SSSR count). The zero-order valence-corrected chi connectivity index (χ0v) is 11.3. The number of benzene rings is 1. The number of rotatable bonds is 3. The van der Waals surface area contributed by atoms with Crippen LogP contribution in [-0.2, 0) is 10.0 Å². The fraction of sp³-hybridized carbons (Fsp3) is 0.500. The van der Waals surface area contributed by atoms with E-state index in [9.17, 15) is 17.2 Å². The van der Waals surface area contributed by atoms with Crippen LogP contribution in [-0.4, -0.2) is 27.5 Å². The molecule has 0 radical (unpaired) electrons. The molecule has 0 unspecified atom stereocenters.